The van der Waals surface area contributed by atoms with Crippen molar-refractivity contribution in [3.63, 3.8) is 0 Å². The number of cyclic esters (lactones) is 1. The molecule has 18 heteroatoms. The van der Waals surface area contributed by atoms with Crippen LogP contribution in [0.5, 0.6) is 0 Å². The molecule has 1 aliphatic heterocycles. The van der Waals surface area contributed by atoms with Gasteiger partial charge in [-0.15, -0.1) is 0 Å². The molecular weight excluding hydrogens is 694 g/mol. The molecule has 0 aliphatic carbocycles. The van der Waals surface area contributed by atoms with Crippen molar-refractivity contribution in [1.29, 1.82) is 5.41 Å². The quantitative estimate of drug-likeness (QED) is 0.0801. The summed E-state index contributed by atoms with van der Waals surface area (Å²) in [5.41, 5.74) is 5.57. The highest BCUT2D eigenvalue weighted by molar-refractivity contribution is 5.97. The van der Waals surface area contributed by atoms with Gasteiger partial charge in [0.1, 0.15) is 36.3 Å². The van der Waals surface area contributed by atoms with Gasteiger partial charge in [0.2, 0.25) is 35.4 Å². The fourth-order valence-electron chi connectivity index (χ4n) is 5.56. The minimum Gasteiger partial charge on any atom is -0.458 e. The fraction of sp³-hybridized carbons (Fsp3) is 0.743. The van der Waals surface area contributed by atoms with Crippen molar-refractivity contribution in [3.8, 4) is 0 Å². The fourth-order valence-corrected chi connectivity index (χ4v) is 5.56. The lowest BCUT2D eigenvalue weighted by molar-refractivity contribution is -0.155. The van der Waals surface area contributed by atoms with Crippen molar-refractivity contribution < 1.29 is 53.3 Å². The van der Waals surface area contributed by atoms with E-state index in [0.29, 0.717) is 12.1 Å². The first-order chi connectivity index (χ1) is 24.6. The Morgan fingerprint density at radius 1 is 0.906 bits per heavy atom. The topological polar surface area (TPSA) is 296 Å². The van der Waals surface area contributed by atoms with Crippen molar-refractivity contribution in [1.82, 2.24) is 26.6 Å². The maximum atomic E-state index is 14.0. The average Bonchev–Trinajstić information content (AvgIpc) is 3.06. The number of nitrogens with two attached hydrogens (primary N) is 1. The molecule has 10 N–H and O–H groups in total. The van der Waals surface area contributed by atoms with Crippen molar-refractivity contribution in [3.05, 3.63) is 0 Å². The second-order valence-corrected chi connectivity index (χ2v) is 14.3. The number of aliphatic hydroxyl groups is 2. The zero-order valence-electron chi connectivity index (χ0n) is 31.9. The Balaban J connectivity index is 3.71. The molecule has 300 valence electrons. The molecule has 53 heavy (non-hydrogen) atoms. The summed E-state index contributed by atoms with van der Waals surface area (Å²) in [6.07, 6.45) is -4.78. The van der Waals surface area contributed by atoms with Crippen molar-refractivity contribution >= 4 is 52.9 Å². The summed E-state index contributed by atoms with van der Waals surface area (Å²) in [4.78, 5) is 106. The van der Waals surface area contributed by atoms with Gasteiger partial charge in [-0.25, -0.2) is 4.79 Å². The zero-order valence-corrected chi connectivity index (χ0v) is 31.9. The van der Waals surface area contributed by atoms with Gasteiger partial charge in [-0.2, -0.15) is 0 Å². The van der Waals surface area contributed by atoms with E-state index in [-0.39, 0.29) is 25.7 Å². The largest absolute Gasteiger partial charge is 0.458 e. The molecule has 1 fully saturated rings. The molecule has 0 radical (unpaired) electrons. The van der Waals surface area contributed by atoms with Gasteiger partial charge >= 0.3 is 5.97 Å². The third-order valence-corrected chi connectivity index (χ3v) is 9.13. The SMILES string of the molecule is CCC(C)C1CC(=O)C(NC(=O)CC(O)CCC(C)=N)C(C)OC(=O)C(C)NC(=O)C(CCC(N)=O)NC(=O)C(C(C)O)NC(=O)C(C(C)C)NC1=O. The summed E-state index contributed by atoms with van der Waals surface area (Å²) in [6, 6.07) is -7.26. The van der Waals surface area contributed by atoms with Gasteiger partial charge in [-0.3, -0.25) is 33.6 Å². The van der Waals surface area contributed by atoms with Crippen LogP contribution in [0.2, 0.25) is 0 Å². The molecule has 10 unspecified atom stereocenters. The van der Waals surface area contributed by atoms with E-state index in [1.165, 1.54) is 20.8 Å². The number of hydrogen-bond acceptors (Lipinski definition) is 12. The maximum Gasteiger partial charge on any atom is 0.328 e. The molecule has 0 aromatic carbocycles. The Morgan fingerprint density at radius 3 is 2.02 bits per heavy atom. The highest BCUT2D eigenvalue weighted by Gasteiger charge is 2.39. The summed E-state index contributed by atoms with van der Waals surface area (Å²) in [5, 5.41) is 40.8. The number of aliphatic hydroxyl groups excluding tert-OH is 2. The number of carbonyl (C=O) groups excluding carboxylic acids is 8. The summed E-state index contributed by atoms with van der Waals surface area (Å²) >= 11 is 0. The predicted octanol–water partition coefficient (Wildman–Crippen LogP) is -1.13. The number of amides is 6. The third kappa shape index (κ3) is 15.6. The van der Waals surface area contributed by atoms with Gasteiger partial charge in [-0.05, 0) is 58.8 Å². The van der Waals surface area contributed by atoms with Crippen LogP contribution in [0.3, 0.4) is 0 Å². The summed E-state index contributed by atoms with van der Waals surface area (Å²) in [5.74, 6) is -8.78. The van der Waals surface area contributed by atoms with Crippen LogP contribution in [0.4, 0.5) is 0 Å². The van der Waals surface area contributed by atoms with Gasteiger partial charge in [0, 0.05) is 24.5 Å². The van der Waals surface area contributed by atoms with Crippen molar-refractivity contribution in [2.45, 2.75) is 149 Å². The number of hydrogen-bond donors (Lipinski definition) is 9. The maximum absolute atomic E-state index is 14.0. The number of rotatable bonds is 13. The average molecular weight is 754 g/mol. The van der Waals surface area contributed by atoms with Crippen LogP contribution in [-0.4, -0.2) is 112 Å². The van der Waals surface area contributed by atoms with Crippen LogP contribution < -0.4 is 32.3 Å². The Kier molecular flexibility index (Phi) is 19.3. The predicted molar refractivity (Wildman–Crippen MR) is 192 cm³/mol. The molecule has 1 saturated heterocycles. The first-order valence-corrected chi connectivity index (χ1v) is 18.0. The van der Waals surface area contributed by atoms with Gasteiger partial charge < -0.3 is 52.7 Å². The molecule has 0 bridgehead atoms. The van der Waals surface area contributed by atoms with Gasteiger partial charge in [0.25, 0.3) is 0 Å². The first-order valence-electron chi connectivity index (χ1n) is 18.0. The highest BCUT2D eigenvalue weighted by atomic mass is 16.5. The van der Waals surface area contributed by atoms with E-state index in [1.807, 2.05) is 0 Å². The van der Waals surface area contributed by atoms with E-state index in [0.717, 1.165) is 0 Å². The van der Waals surface area contributed by atoms with Crippen molar-refractivity contribution in [2.75, 3.05) is 0 Å². The molecule has 0 aromatic heterocycles. The third-order valence-electron chi connectivity index (χ3n) is 9.13. The van der Waals surface area contributed by atoms with E-state index in [9.17, 15) is 48.6 Å². The number of nitrogens with one attached hydrogen (secondary N) is 6. The molecule has 0 aromatic rings. The molecule has 0 spiro atoms. The number of ketones is 1. The Morgan fingerprint density at radius 2 is 1.49 bits per heavy atom. The zero-order chi connectivity index (χ0) is 40.7. The lowest BCUT2D eigenvalue weighted by atomic mass is 9.84. The van der Waals surface area contributed by atoms with E-state index < -0.39 is 126 Å². The molecule has 18 nitrogen and oxygen atoms in total. The van der Waals surface area contributed by atoms with Crippen LogP contribution in [0.25, 0.3) is 0 Å². The normalized spacial score (nSPS) is 27.3. The second kappa shape index (κ2) is 21.9. The lowest BCUT2D eigenvalue weighted by Crippen LogP contribution is -2.61. The van der Waals surface area contributed by atoms with E-state index >= 15 is 0 Å². The summed E-state index contributed by atoms with van der Waals surface area (Å²) < 4.78 is 5.53. The minimum absolute atomic E-state index is 0.114. The van der Waals surface area contributed by atoms with E-state index in [2.05, 4.69) is 26.6 Å². The summed E-state index contributed by atoms with van der Waals surface area (Å²) in [7, 11) is 0. The monoisotopic (exact) mass is 753 g/mol. The number of carbonyl (C=O) groups is 8. The molecule has 0 saturated carbocycles. The van der Waals surface area contributed by atoms with Gasteiger partial charge in [0.05, 0.1) is 18.6 Å². The molecular formula is C35H59N7O11. The highest BCUT2D eigenvalue weighted by Crippen LogP contribution is 2.23. The Bertz CT molecular complexity index is 1360. The van der Waals surface area contributed by atoms with Crippen LogP contribution in [-0.2, 0) is 43.1 Å². The number of ether oxygens (including phenoxy) is 1. The Hall–Kier alpha value is -4.45. The molecule has 1 heterocycles. The first kappa shape index (κ1) is 46.6. The summed E-state index contributed by atoms with van der Waals surface area (Å²) in [6.45, 7) is 12.1. The number of primary amides is 1. The molecule has 10 atom stereocenters. The van der Waals surface area contributed by atoms with Gasteiger partial charge in [0.15, 0.2) is 5.78 Å². The molecule has 1 rings (SSSR count). The van der Waals surface area contributed by atoms with Gasteiger partial charge in [-0.1, -0.05) is 34.1 Å². The molecule has 6 amide bonds. The number of esters is 1. The van der Waals surface area contributed by atoms with Crippen LogP contribution in [0.1, 0.15) is 100 Å². The van der Waals surface area contributed by atoms with Crippen molar-refractivity contribution in [2.24, 2.45) is 23.5 Å². The molecule has 1 aliphatic rings. The van der Waals surface area contributed by atoms with Crippen LogP contribution in [0.15, 0.2) is 0 Å². The van der Waals surface area contributed by atoms with Crippen LogP contribution >= 0.6 is 0 Å². The number of Topliss-reactive ketones (excluding diaryl/α,β-unsaturated/α-hetero) is 1. The van der Waals surface area contributed by atoms with Crippen LogP contribution in [0, 0.1) is 23.2 Å². The smallest absolute Gasteiger partial charge is 0.328 e. The van der Waals surface area contributed by atoms with E-state index in [1.54, 1.807) is 34.6 Å². The second-order valence-electron chi connectivity index (χ2n) is 14.3. The standard InChI is InChI=1S/C35H59N7O11/c1-9-17(4)23-15-25(45)30(40-27(47)14-22(44)11-10-18(5)36)21(8)53-35(52)19(6)38-32(49)24(12-13-26(37)46)39-34(51)29(20(7)43)42-33(50)28(16(2)3)41-31(23)48/h16-17,19-24,28-30,36,43-44H,9-15H2,1-8H3,(H2,37,46)(H,38,49)(H,39,51)(H,40,47)(H,41,48)(H,42,50). The lowest BCUT2D eigenvalue weighted by Gasteiger charge is -2.30. The minimum atomic E-state index is -1.63. The van der Waals surface area contributed by atoms with E-state index in [4.69, 9.17) is 15.9 Å². The Labute approximate surface area is 310 Å².